The summed E-state index contributed by atoms with van der Waals surface area (Å²) in [5, 5.41) is 15.1. The van der Waals surface area contributed by atoms with E-state index in [1.54, 1.807) is 40.4 Å². The van der Waals surface area contributed by atoms with Gasteiger partial charge in [0, 0.05) is 54.4 Å². The van der Waals surface area contributed by atoms with E-state index in [0.717, 1.165) is 11.1 Å². The van der Waals surface area contributed by atoms with Gasteiger partial charge < -0.3 is 14.5 Å². The van der Waals surface area contributed by atoms with Gasteiger partial charge in [0.15, 0.2) is 5.76 Å². The van der Waals surface area contributed by atoms with Crippen LogP contribution >= 0.6 is 11.6 Å². The van der Waals surface area contributed by atoms with Crippen LogP contribution in [0.2, 0.25) is 5.02 Å². The quantitative estimate of drug-likeness (QED) is 0.710. The largest absolute Gasteiger partial charge is 0.377 e. The Morgan fingerprint density at radius 1 is 1.33 bits per heavy atom. The molecule has 1 aromatic carbocycles. The number of rotatable bonds is 0. The lowest BCUT2D eigenvalue weighted by Crippen LogP contribution is -2.49. The lowest BCUT2D eigenvalue weighted by molar-refractivity contribution is 0.0338. The minimum atomic E-state index is -1.10. The van der Waals surface area contributed by atoms with Crippen molar-refractivity contribution in [1.82, 2.24) is 15.0 Å². The lowest BCUT2D eigenvalue weighted by Gasteiger charge is -2.37. The summed E-state index contributed by atoms with van der Waals surface area (Å²) in [4.78, 5) is 16.1. The van der Waals surface area contributed by atoms with Crippen LogP contribution in [0.3, 0.4) is 0 Å². The Morgan fingerprint density at radius 3 is 2.93 bits per heavy atom. The normalized spacial score (nSPS) is 17.9. The second-order valence-electron chi connectivity index (χ2n) is 6.72. The molecule has 4 rings (SSSR count). The maximum Gasteiger partial charge on any atom is 0.324 e. The zero-order valence-electron chi connectivity index (χ0n) is 14.6. The van der Waals surface area contributed by atoms with Crippen LogP contribution in [0, 0.1) is 11.8 Å². The minimum Gasteiger partial charge on any atom is -0.377 e. The zero-order valence-corrected chi connectivity index (χ0v) is 15.3. The van der Waals surface area contributed by atoms with Gasteiger partial charge in [-0.15, -0.1) is 0 Å². The fourth-order valence-corrected chi connectivity index (χ4v) is 3.37. The zero-order chi connectivity index (χ0) is 18.9. The summed E-state index contributed by atoms with van der Waals surface area (Å²) in [6.07, 6.45) is 5.88. The monoisotopic (exact) mass is 383 g/mol. The van der Waals surface area contributed by atoms with Gasteiger partial charge in [-0.3, -0.25) is 4.90 Å². The third-order valence-electron chi connectivity index (χ3n) is 4.79. The second-order valence-corrected chi connectivity index (χ2v) is 7.16. The Kier molecular flexibility index (Phi) is 4.65. The maximum absolute atomic E-state index is 12.7. The van der Waals surface area contributed by atoms with Gasteiger partial charge in [-0.1, -0.05) is 34.7 Å². The molecule has 0 aliphatic carbocycles. The standard InChI is InChI=1S/C20H18ClN3O3/c21-17-3-1-2-15(12-17)4-6-20(26)7-10-23(11-8-20)19(25)24-9-5-18-16(14-24)13-22-27-18/h1-3,5,9,12-13,26H,7-8,10-11,14H2. The molecule has 2 aliphatic rings. The van der Waals surface area contributed by atoms with Crippen LogP contribution in [0.5, 0.6) is 0 Å². The fraction of sp³-hybridized carbons (Fsp3) is 0.300. The molecule has 3 heterocycles. The van der Waals surface area contributed by atoms with Gasteiger partial charge in [-0.05, 0) is 18.2 Å². The Labute approximate surface area is 162 Å². The Morgan fingerprint density at radius 2 is 2.15 bits per heavy atom. The summed E-state index contributed by atoms with van der Waals surface area (Å²) in [5.41, 5.74) is 0.544. The third kappa shape index (κ3) is 3.85. The first kappa shape index (κ1) is 17.7. The molecule has 0 saturated carbocycles. The highest BCUT2D eigenvalue weighted by Crippen LogP contribution is 2.25. The summed E-state index contributed by atoms with van der Waals surface area (Å²) in [6, 6.07) is 7.12. The summed E-state index contributed by atoms with van der Waals surface area (Å²) in [6.45, 7) is 1.32. The van der Waals surface area contributed by atoms with E-state index >= 15 is 0 Å². The molecule has 2 amide bonds. The van der Waals surface area contributed by atoms with E-state index in [-0.39, 0.29) is 6.03 Å². The van der Waals surface area contributed by atoms with Crippen LogP contribution in [0.25, 0.3) is 6.08 Å². The van der Waals surface area contributed by atoms with E-state index in [9.17, 15) is 9.90 Å². The van der Waals surface area contributed by atoms with E-state index in [0.29, 0.717) is 43.3 Å². The van der Waals surface area contributed by atoms with Crippen LogP contribution in [0.1, 0.15) is 29.7 Å². The Balaban J connectivity index is 1.38. The van der Waals surface area contributed by atoms with Crippen molar-refractivity contribution in [2.24, 2.45) is 0 Å². The molecule has 0 bridgehead atoms. The Bertz CT molecular complexity index is 949. The fourth-order valence-electron chi connectivity index (χ4n) is 3.18. The first-order valence-electron chi connectivity index (χ1n) is 8.71. The molecule has 1 aromatic heterocycles. The van der Waals surface area contributed by atoms with Gasteiger partial charge in [0.2, 0.25) is 0 Å². The maximum atomic E-state index is 12.7. The molecule has 1 N–H and O–H groups in total. The number of benzene rings is 1. The van der Waals surface area contributed by atoms with E-state index in [1.165, 1.54) is 0 Å². The number of amides is 2. The highest BCUT2D eigenvalue weighted by Gasteiger charge is 2.34. The number of hydrogen-bond acceptors (Lipinski definition) is 4. The van der Waals surface area contributed by atoms with Gasteiger partial charge in [0.25, 0.3) is 0 Å². The minimum absolute atomic E-state index is 0.0945. The van der Waals surface area contributed by atoms with Crippen molar-refractivity contribution in [2.75, 3.05) is 13.1 Å². The summed E-state index contributed by atoms with van der Waals surface area (Å²) in [5.74, 6) is 6.62. The number of urea groups is 1. The van der Waals surface area contributed by atoms with E-state index in [2.05, 4.69) is 17.0 Å². The molecule has 2 aliphatic heterocycles. The summed E-state index contributed by atoms with van der Waals surface area (Å²) < 4.78 is 5.08. The van der Waals surface area contributed by atoms with Crippen LogP contribution in [-0.2, 0) is 6.54 Å². The number of piperidine rings is 1. The van der Waals surface area contributed by atoms with E-state index in [4.69, 9.17) is 16.1 Å². The third-order valence-corrected chi connectivity index (χ3v) is 5.03. The average molecular weight is 384 g/mol. The molecule has 7 heteroatoms. The first-order valence-corrected chi connectivity index (χ1v) is 9.09. The van der Waals surface area contributed by atoms with Gasteiger partial charge >= 0.3 is 6.03 Å². The SMILES string of the molecule is O=C(N1C=Cc2oncc2C1)N1CCC(O)(C#Cc2cccc(Cl)c2)CC1. The lowest BCUT2D eigenvalue weighted by atomic mass is 9.92. The first-order chi connectivity index (χ1) is 13.0. The molecule has 0 spiro atoms. The van der Waals surface area contributed by atoms with Crippen molar-refractivity contribution in [1.29, 1.82) is 0 Å². The number of fused-ring (bicyclic) bond motifs is 1. The predicted molar refractivity (Wildman–Crippen MR) is 101 cm³/mol. The molecule has 0 unspecified atom stereocenters. The molecule has 1 fully saturated rings. The predicted octanol–water partition coefficient (Wildman–Crippen LogP) is 3.11. The van der Waals surface area contributed by atoms with E-state index < -0.39 is 5.60 Å². The summed E-state index contributed by atoms with van der Waals surface area (Å²) in [7, 11) is 0. The van der Waals surface area contributed by atoms with Gasteiger partial charge in [0.05, 0.1) is 12.7 Å². The van der Waals surface area contributed by atoms with Crippen molar-refractivity contribution in [3.63, 3.8) is 0 Å². The molecule has 2 aromatic rings. The number of likely N-dealkylation sites (tertiary alicyclic amines) is 1. The molecular formula is C20H18ClN3O3. The number of halogens is 1. The highest BCUT2D eigenvalue weighted by molar-refractivity contribution is 6.30. The molecule has 6 nitrogen and oxygen atoms in total. The number of hydrogen-bond donors (Lipinski definition) is 1. The van der Waals surface area contributed by atoms with Crippen LogP contribution in [-0.4, -0.2) is 44.8 Å². The number of nitrogens with zero attached hydrogens (tertiary/aromatic N) is 3. The van der Waals surface area contributed by atoms with E-state index in [1.807, 2.05) is 12.1 Å². The molecular weight excluding hydrogens is 366 g/mol. The summed E-state index contributed by atoms with van der Waals surface area (Å²) >= 11 is 5.96. The average Bonchev–Trinajstić information content (AvgIpc) is 3.14. The van der Waals surface area contributed by atoms with Crippen molar-refractivity contribution in [2.45, 2.75) is 25.0 Å². The van der Waals surface area contributed by atoms with Crippen LogP contribution < -0.4 is 0 Å². The number of carbonyl (C=O) groups excluding carboxylic acids is 1. The topological polar surface area (TPSA) is 69.8 Å². The molecule has 27 heavy (non-hydrogen) atoms. The van der Waals surface area contributed by atoms with Gasteiger partial charge in [-0.2, -0.15) is 0 Å². The number of carbonyl (C=O) groups is 1. The van der Waals surface area contributed by atoms with Gasteiger partial charge in [0.1, 0.15) is 5.60 Å². The smallest absolute Gasteiger partial charge is 0.324 e. The van der Waals surface area contributed by atoms with Crippen molar-refractivity contribution >= 4 is 23.7 Å². The molecule has 0 atom stereocenters. The van der Waals surface area contributed by atoms with Gasteiger partial charge in [-0.25, -0.2) is 4.79 Å². The number of aromatic nitrogens is 1. The van der Waals surface area contributed by atoms with Crippen molar-refractivity contribution < 1.29 is 14.4 Å². The second kappa shape index (κ2) is 7.10. The Hall–Kier alpha value is -2.75. The molecule has 138 valence electrons. The number of aliphatic hydroxyl groups is 1. The van der Waals surface area contributed by atoms with Crippen molar-refractivity contribution in [3.05, 3.63) is 58.6 Å². The van der Waals surface area contributed by atoms with Crippen LogP contribution in [0.15, 0.2) is 41.2 Å². The van der Waals surface area contributed by atoms with Crippen molar-refractivity contribution in [3.8, 4) is 11.8 Å². The molecule has 0 radical (unpaired) electrons. The van der Waals surface area contributed by atoms with Crippen LogP contribution in [0.4, 0.5) is 4.79 Å². The highest BCUT2D eigenvalue weighted by atomic mass is 35.5. The molecule has 1 saturated heterocycles.